The van der Waals surface area contributed by atoms with E-state index >= 15 is 0 Å². The van der Waals surface area contributed by atoms with Gasteiger partial charge in [-0.1, -0.05) is 59.3 Å². The van der Waals surface area contributed by atoms with Crippen LogP contribution in [0.4, 0.5) is 0 Å². The normalized spacial score (nSPS) is 11.3. The molecule has 0 aliphatic heterocycles. The predicted octanol–water partition coefficient (Wildman–Crippen LogP) is 5.01. The van der Waals surface area contributed by atoms with Crippen molar-refractivity contribution in [2.45, 2.75) is 77.4 Å². The molecule has 0 saturated heterocycles. The Morgan fingerprint density at radius 1 is 0.800 bits per heavy atom. The van der Waals surface area contributed by atoms with Crippen molar-refractivity contribution in [2.24, 2.45) is 0 Å². The molecule has 0 rings (SSSR count). The summed E-state index contributed by atoms with van der Waals surface area (Å²) in [5.41, 5.74) is 3.26. The summed E-state index contributed by atoms with van der Waals surface area (Å²) in [5.74, 6) is 0. The van der Waals surface area contributed by atoms with Crippen LogP contribution in [0.1, 0.15) is 59.3 Å². The van der Waals surface area contributed by atoms with Gasteiger partial charge in [0.15, 0.2) is 0 Å². The van der Waals surface area contributed by atoms with E-state index in [0.717, 1.165) is 0 Å². The number of unbranched alkanes of at least 4 members (excludes halogenated alkanes) is 3. The van der Waals surface area contributed by atoms with E-state index in [1.54, 1.807) is 0 Å². The quantitative estimate of drug-likeness (QED) is 0.381. The Morgan fingerprint density at radius 2 is 1.13 bits per heavy atom. The summed E-state index contributed by atoms with van der Waals surface area (Å²) in [6, 6.07) is 4.12. The van der Waals surface area contributed by atoms with Gasteiger partial charge in [0.25, 0.3) is 0 Å². The van der Waals surface area contributed by atoms with E-state index in [1.165, 1.54) is 56.7 Å². The molecule has 0 bridgehead atoms. The van der Waals surface area contributed by atoms with E-state index < -0.39 is 8.07 Å². The summed E-state index contributed by atoms with van der Waals surface area (Å²) in [5, 5.41) is 0. The highest BCUT2D eigenvalue weighted by Crippen LogP contribution is 2.27. The lowest BCUT2D eigenvalue weighted by molar-refractivity contribution is 0.802. The maximum atomic E-state index is 5.84. The number of rotatable bonds is 9. The van der Waals surface area contributed by atoms with Crippen LogP contribution in [-0.2, 0) is 0 Å². The summed E-state index contributed by atoms with van der Waals surface area (Å²) in [6.45, 7) is 6.82. The Kier molecular flexibility index (Phi) is 8.90. The van der Waals surface area contributed by atoms with Crippen LogP contribution in [0.15, 0.2) is 0 Å². The topological polar surface area (TPSA) is 0 Å². The molecule has 0 heterocycles. The van der Waals surface area contributed by atoms with Crippen molar-refractivity contribution in [1.82, 2.24) is 0 Å². The molecule has 88 valence electrons. The lowest BCUT2D eigenvalue weighted by atomic mass is 10.4. The van der Waals surface area contributed by atoms with Gasteiger partial charge in [-0.05, 0) is 18.1 Å². The third-order valence-electron chi connectivity index (χ3n) is 3.33. The van der Waals surface area contributed by atoms with Gasteiger partial charge in [0.1, 0.15) is 8.07 Å². The van der Waals surface area contributed by atoms with Crippen LogP contribution in [-0.4, -0.2) is 8.07 Å². The van der Waals surface area contributed by atoms with Gasteiger partial charge in [-0.2, -0.15) is 0 Å². The molecule has 0 amide bonds. The molecule has 0 saturated carbocycles. The van der Waals surface area contributed by atoms with E-state index in [9.17, 15) is 0 Å². The van der Waals surface area contributed by atoms with Crippen LogP contribution in [0.25, 0.3) is 0 Å². The molecule has 0 atom stereocenters. The second-order valence-corrected chi connectivity index (χ2v) is 9.08. The average molecular weight is 224 g/mol. The van der Waals surface area contributed by atoms with E-state index in [0.29, 0.717) is 0 Å². The first-order valence-electron chi connectivity index (χ1n) is 6.72. The summed E-state index contributed by atoms with van der Waals surface area (Å²) >= 11 is 0. The third kappa shape index (κ3) is 6.05. The van der Waals surface area contributed by atoms with Crippen LogP contribution >= 0.6 is 0 Å². The fraction of sp³-hybridized carbons (Fsp3) is 0.857. The molecule has 1 heteroatoms. The zero-order valence-corrected chi connectivity index (χ0v) is 11.9. The van der Waals surface area contributed by atoms with Crippen molar-refractivity contribution in [1.29, 1.82) is 0 Å². The van der Waals surface area contributed by atoms with Crippen molar-refractivity contribution >= 4 is 8.07 Å². The zero-order valence-electron chi connectivity index (χ0n) is 10.9. The second-order valence-electron chi connectivity index (χ2n) is 4.74. The van der Waals surface area contributed by atoms with Crippen LogP contribution in [0.2, 0.25) is 18.1 Å². The zero-order chi connectivity index (χ0) is 11.6. The molecule has 0 aliphatic rings. The third-order valence-corrected chi connectivity index (χ3v) is 7.88. The fourth-order valence-corrected chi connectivity index (χ4v) is 6.41. The first-order chi connectivity index (χ1) is 7.24. The smallest absolute Gasteiger partial charge is 0.135 e. The van der Waals surface area contributed by atoms with Crippen LogP contribution in [0, 0.1) is 12.0 Å². The average Bonchev–Trinajstić information content (AvgIpc) is 2.29. The Morgan fingerprint density at radius 3 is 1.33 bits per heavy atom. The number of hydrogen-bond acceptors (Lipinski definition) is 0. The standard InChI is InChI=1S/C14H28Si/c1-5-9-12-15(8-4,13-10-6-2)14-11-7-3/h4H,5-7,9-14H2,1-3H3. The molecule has 0 nitrogen and oxygen atoms in total. The van der Waals surface area contributed by atoms with E-state index in [2.05, 4.69) is 26.3 Å². The molecule has 0 fully saturated rings. The van der Waals surface area contributed by atoms with Crippen LogP contribution in [0.5, 0.6) is 0 Å². The molecule has 0 aliphatic carbocycles. The number of terminal acetylenes is 1. The summed E-state index contributed by atoms with van der Waals surface area (Å²) in [7, 11) is -1.30. The first-order valence-corrected chi connectivity index (χ1v) is 9.34. The molecule has 0 aromatic heterocycles. The van der Waals surface area contributed by atoms with Crippen molar-refractivity contribution in [3.8, 4) is 12.0 Å². The molecule has 0 unspecified atom stereocenters. The summed E-state index contributed by atoms with van der Waals surface area (Å²) in [6.07, 6.45) is 13.8. The Hall–Kier alpha value is -0.223. The Balaban J connectivity index is 4.25. The minimum atomic E-state index is -1.30. The van der Waals surface area contributed by atoms with Crippen molar-refractivity contribution < 1.29 is 0 Å². The minimum absolute atomic E-state index is 1.30. The van der Waals surface area contributed by atoms with Crippen molar-refractivity contribution in [3.63, 3.8) is 0 Å². The van der Waals surface area contributed by atoms with E-state index in [1.807, 2.05) is 0 Å². The SMILES string of the molecule is C#C[Si](CCCC)(CCCC)CCCC. The first kappa shape index (κ1) is 14.8. The Labute approximate surface area is 97.9 Å². The van der Waals surface area contributed by atoms with Crippen LogP contribution < -0.4 is 0 Å². The molecule has 0 radical (unpaired) electrons. The summed E-state index contributed by atoms with van der Waals surface area (Å²) in [4.78, 5) is 0. The van der Waals surface area contributed by atoms with Gasteiger partial charge >= 0.3 is 0 Å². The van der Waals surface area contributed by atoms with Gasteiger partial charge in [-0.25, -0.2) is 0 Å². The molecular formula is C14H28Si. The highest BCUT2D eigenvalue weighted by Gasteiger charge is 2.28. The maximum absolute atomic E-state index is 5.84. The summed E-state index contributed by atoms with van der Waals surface area (Å²) < 4.78 is 0. The molecule has 15 heavy (non-hydrogen) atoms. The molecule has 0 aromatic rings. The molecule has 0 aromatic carbocycles. The lowest BCUT2D eigenvalue weighted by Gasteiger charge is -2.25. The Bertz CT molecular complexity index is 156. The molecule has 0 N–H and O–H groups in total. The number of hydrogen-bond donors (Lipinski definition) is 0. The maximum Gasteiger partial charge on any atom is 0.138 e. The second kappa shape index (κ2) is 9.04. The predicted molar refractivity (Wildman–Crippen MR) is 73.7 cm³/mol. The van der Waals surface area contributed by atoms with Crippen LogP contribution in [0.3, 0.4) is 0 Å². The molecular weight excluding hydrogens is 196 g/mol. The monoisotopic (exact) mass is 224 g/mol. The molecule has 0 spiro atoms. The minimum Gasteiger partial charge on any atom is -0.135 e. The van der Waals surface area contributed by atoms with Gasteiger partial charge < -0.3 is 0 Å². The largest absolute Gasteiger partial charge is 0.138 e. The highest BCUT2D eigenvalue weighted by molar-refractivity contribution is 6.87. The lowest BCUT2D eigenvalue weighted by Crippen LogP contribution is -2.32. The highest BCUT2D eigenvalue weighted by atomic mass is 28.3. The van der Waals surface area contributed by atoms with E-state index in [-0.39, 0.29) is 0 Å². The van der Waals surface area contributed by atoms with Gasteiger partial charge in [0, 0.05) is 0 Å². The van der Waals surface area contributed by atoms with E-state index in [4.69, 9.17) is 6.42 Å². The van der Waals surface area contributed by atoms with Gasteiger partial charge in [-0.15, -0.1) is 12.0 Å². The van der Waals surface area contributed by atoms with Gasteiger partial charge in [0.2, 0.25) is 0 Å². The van der Waals surface area contributed by atoms with Gasteiger partial charge in [-0.3, -0.25) is 0 Å². The van der Waals surface area contributed by atoms with Gasteiger partial charge in [0.05, 0.1) is 0 Å². The fourth-order valence-electron chi connectivity index (χ4n) is 2.14. The van der Waals surface area contributed by atoms with Crippen molar-refractivity contribution in [3.05, 3.63) is 0 Å². The van der Waals surface area contributed by atoms with Crippen molar-refractivity contribution in [2.75, 3.05) is 0 Å².